The first-order valence-corrected chi connectivity index (χ1v) is 6.93. The molecule has 0 unspecified atom stereocenters. The Morgan fingerprint density at radius 1 is 0.810 bits per heavy atom. The third kappa shape index (κ3) is 1.37. The van der Waals surface area contributed by atoms with Crippen LogP contribution in [0.4, 0.5) is 0 Å². The smallest absolute Gasteiger partial charge is 0.144 e. The lowest BCUT2D eigenvalue weighted by Crippen LogP contribution is -1.92. The quantitative estimate of drug-likeness (QED) is 0.312. The highest BCUT2D eigenvalue weighted by molar-refractivity contribution is 6.15. The van der Waals surface area contributed by atoms with Gasteiger partial charge in [0.2, 0.25) is 0 Å². The van der Waals surface area contributed by atoms with E-state index < -0.39 is 0 Å². The molecule has 0 aliphatic heterocycles. The van der Waals surface area contributed by atoms with Crippen LogP contribution in [0.3, 0.4) is 0 Å². The van der Waals surface area contributed by atoms with Crippen molar-refractivity contribution in [3.05, 3.63) is 67.3 Å². The topological polar surface area (TPSA) is 30.2 Å². The van der Waals surface area contributed by atoms with Gasteiger partial charge in [0, 0.05) is 40.9 Å². The Labute approximate surface area is 120 Å². The van der Waals surface area contributed by atoms with E-state index in [1.165, 1.54) is 27.1 Å². The second-order valence-corrected chi connectivity index (χ2v) is 5.26. The van der Waals surface area contributed by atoms with Crippen LogP contribution in [0.15, 0.2) is 67.3 Å². The highest BCUT2D eigenvalue weighted by Crippen LogP contribution is 2.31. The minimum absolute atomic E-state index is 0.999. The number of pyridine rings is 3. The lowest BCUT2D eigenvalue weighted by atomic mass is 10.0. The number of nitrogens with zero attached hydrogens (tertiary/aromatic N) is 3. The van der Waals surface area contributed by atoms with Crippen molar-refractivity contribution in [2.75, 3.05) is 0 Å². The predicted molar refractivity (Wildman–Crippen MR) is 85.5 cm³/mol. The highest BCUT2D eigenvalue weighted by Gasteiger charge is 2.09. The summed E-state index contributed by atoms with van der Waals surface area (Å²) in [5.41, 5.74) is 2.18. The third-order valence-electron chi connectivity index (χ3n) is 4.11. The Kier molecular flexibility index (Phi) is 1.95. The lowest BCUT2D eigenvalue weighted by Gasteiger charge is -2.09. The average molecular weight is 269 g/mol. The van der Waals surface area contributed by atoms with Gasteiger partial charge < -0.3 is 4.40 Å². The van der Waals surface area contributed by atoms with Gasteiger partial charge in [0.05, 0.1) is 5.52 Å². The summed E-state index contributed by atoms with van der Waals surface area (Å²) in [4.78, 5) is 8.79. The summed E-state index contributed by atoms with van der Waals surface area (Å²) in [6.45, 7) is 0. The highest BCUT2D eigenvalue weighted by atomic mass is 15.0. The molecule has 0 bridgehead atoms. The van der Waals surface area contributed by atoms with E-state index in [1.807, 2.05) is 24.7 Å². The first-order valence-electron chi connectivity index (χ1n) is 6.93. The normalized spacial score (nSPS) is 11.8. The van der Waals surface area contributed by atoms with Gasteiger partial charge in [-0.2, -0.15) is 0 Å². The summed E-state index contributed by atoms with van der Waals surface area (Å²) >= 11 is 0. The molecule has 3 heteroatoms. The summed E-state index contributed by atoms with van der Waals surface area (Å²) in [5, 5.41) is 6.02. The molecule has 98 valence electrons. The fourth-order valence-corrected chi connectivity index (χ4v) is 3.15. The summed E-state index contributed by atoms with van der Waals surface area (Å²) in [5.74, 6) is 0. The number of aromatic nitrogens is 3. The van der Waals surface area contributed by atoms with E-state index in [2.05, 4.69) is 57.0 Å². The van der Waals surface area contributed by atoms with Gasteiger partial charge in [0.1, 0.15) is 5.65 Å². The van der Waals surface area contributed by atoms with Gasteiger partial charge in [-0.3, -0.25) is 4.98 Å². The van der Waals surface area contributed by atoms with Crippen LogP contribution in [0.25, 0.3) is 38.1 Å². The summed E-state index contributed by atoms with van der Waals surface area (Å²) in [6.07, 6.45) is 7.67. The Morgan fingerprint density at radius 2 is 1.76 bits per heavy atom. The molecule has 0 spiro atoms. The molecule has 0 aliphatic carbocycles. The van der Waals surface area contributed by atoms with Crippen molar-refractivity contribution in [3.63, 3.8) is 0 Å². The summed E-state index contributed by atoms with van der Waals surface area (Å²) in [6, 6.07) is 14.8. The van der Waals surface area contributed by atoms with Crippen LogP contribution >= 0.6 is 0 Å². The number of hydrogen-bond acceptors (Lipinski definition) is 2. The number of fused-ring (bicyclic) bond motifs is 7. The minimum Gasteiger partial charge on any atom is -0.301 e. The first-order chi connectivity index (χ1) is 10.4. The largest absolute Gasteiger partial charge is 0.301 e. The maximum Gasteiger partial charge on any atom is 0.144 e. The molecule has 3 nitrogen and oxygen atoms in total. The van der Waals surface area contributed by atoms with Crippen LogP contribution in [0.1, 0.15) is 0 Å². The van der Waals surface area contributed by atoms with Crippen LogP contribution in [0.2, 0.25) is 0 Å². The molecule has 0 saturated heterocycles. The van der Waals surface area contributed by atoms with E-state index >= 15 is 0 Å². The van der Waals surface area contributed by atoms with Crippen LogP contribution < -0.4 is 0 Å². The molecule has 0 atom stereocenters. The molecule has 4 heterocycles. The van der Waals surface area contributed by atoms with Crippen molar-refractivity contribution in [3.8, 4) is 0 Å². The molecule has 21 heavy (non-hydrogen) atoms. The van der Waals surface area contributed by atoms with Gasteiger partial charge in [-0.25, -0.2) is 4.98 Å². The molecule has 0 radical (unpaired) electrons. The zero-order valence-corrected chi connectivity index (χ0v) is 11.2. The SMILES string of the molecule is c1cnc2c(c1)c1cc3ccncc3cc1c1cccn12. The van der Waals surface area contributed by atoms with Crippen LogP contribution in [-0.4, -0.2) is 14.4 Å². The number of rotatable bonds is 0. The van der Waals surface area contributed by atoms with Crippen LogP contribution in [0.5, 0.6) is 0 Å². The monoisotopic (exact) mass is 269 g/mol. The molecule has 5 aromatic rings. The fraction of sp³-hybridized carbons (Fsp3) is 0. The van der Waals surface area contributed by atoms with E-state index in [0.29, 0.717) is 0 Å². The maximum atomic E-state index is 4.56. The average Bonchev–Trinajstić information content (AvgIpc) is 3.03. The zero-order valence-electron chi connectivity index (χ0n) is 11.2. The van der Waals surface area contributed by atoms with E-state index in [9.17, 15) is 0 Å². The molecule has 0 N–H and O–H groups in total. The molecule has 1 aromatic carbocycles. The second kappa shape index (κ2) is 3.79. The standard InChI is InChI=1S/C18H11N3/c1-3-14-15-9-12-5-7-19-11-13(12)10-16(15)17-4-2-8-21(17)18(14)20-6-1/h1-11H. The summed E-state index contributed by atoms with van der Waals surface area (Å²) < 4.78 is 2.15. The Bertz CT molecular complexity index is 1140. The molecular formula is C18H11N3. The molecule has 0 saturated carbocycles. The van der Waals surface area contributed by atoms with E-state index in [4.69, 9.17) is 0 Å². The molecule has 0 amide bonds. The van der Waals surface area contributed by atoms with Gasteiger partial charge in [0.25, 0.3) is 0 Å². The van der Waals surface area contributed by atoms with Crippen molar-refractivity contribution in [1.82, 2.24) is 14.4 Å². The van der Waals surface area contributed by atoms with E-state index in [0.717, 1.165) is 11.0 Å². The number of hydrogen-bond donors (Lipinski definition) is 0. The molecule has 4 aromatic heterocycles. The lowest BCUT2D eigenvalue weighted by molar-refractivity contribution is 1.21. The first kappa shape index (κ1) is 10.8. The van der Waals surface area contributed by atoms with Gasteiger partial charge >= 0.3 is 0 Å². The molecule has 0 aliphatic rings. The second-order valence-electron chi connectivity index (χ2n) is 5.26. The van der Waals surface area contributed by atoms with Gasteiger partial charge in [-0.1, -0.05) is 0 Å². The van der Waals surface area contributed by atoms with Crippen molar-refractivity contribution < 1.29 is 0 Å². The van der Waals surface area contributed by atoms with Crippen molar-refractivity contribution >= 4 is 38.1 Å². The molecule has 5 rings (SSSR count). The zero-order chi connectivity index (χ0) is 13.8. The maximum absolute atomic E-state index is 4.56. The summed E-state index contributed by atoms with van der Waals surface area (Å²) in [7, 11) is 0. The van der Waals surface area contributed by atoms with E-state index in [1.54, 1.807) is 0 Å². The predicted octanol–water partition coefficient (Wildman–Crippen LogP) is 4.19. The van der Waals surface area contributed by atoms with Crippen LogP contribution in [-0.2, 0) is 0 Å². The fourth-order valence-electron chi connectivity index (χ4n) is 3.15. The minimum atomic E-state index is 0.999. The number of benzene rings is 1. The van der Waals surface area contributed by atoms with Gasteiger partial charge in [-0.15, -0.1) is 0 Å². The van der Waals surface area contributed by atoms with Gasteiger partial charge in [0.15, 0.2) is 0 Å². The van der Waals surface area contributed by atoms with Crippen molar-refractivity contribution in [2.45, 2.75) is 0 Å². The van der Waals surface area contributed by atoms with Crippen LogP contribution in [0, 0.1) is 0 Å². The van der Waals surface area contributed by atoms with Gasteiger partial charge in [-0.05, 0) is 53.2 Å². The molecule has 0 fully saturated rings. The Balaban J connectivity index is 2.18. The van der Waals surface area contributed by atoms with Crippen molar-refractivity contribution in [2.24, 2.45) is 0 Å². The van der Waals surface area contributed by atoms with E-state index in [-0.39, 0.29) is 0 Å². The molecular weight excluding hydrogens is 258 g/mol. The van der Waals surface area contributed by atoms with Crippen molar-refractivity contribution in [1.29, 1.82) is 0 Å². The third-order valence-corrected chi connectivity index (χ3v) is 4.11. The Morgan fingerprint density at radius 3 is 2.76 bits per heavy atom. The Hall–Kier alpha value is -2.94.